The van der Waals surface area contributed by atoms with Gasteiger partial charge in [-0.1, -0.05) is 18.2 Å². The Labute approximate surface area is 127 Å². The van der Waals surface area contributed by atoms with E-state index < -0.39 is 0 Å². The fourth-order valence-electron chi connectivity index (χ4n) is 3.30. The molecule has 3 aromatic rings. The Morgan fingerprint density at radius 3 is 2.76 bits per heavy atom. The Bertz CT molecular complexity index is 835. The van der Waals surface area contributed by atoms with E-state index in [-0.39, 0.29) is 0 Å². The quantitative estimate of drug-likeness (QED) is 0.734. The third-order valence-electron chi connectivity index (χ3n) is 4.33. The Kier molecular flexibility index (Phi) is 2.93. The van der Waals surface area contributed by atoms with E-state index in [1.54, 1.807) is 17.7 Å². The number of hydrogen-bond acceptors (Lipinski definition) is 4. The fourth-order valence-corrected chi connectivity index (χ4v) is 4.32. The van der Waals surface area contributed by atoms with Gasteiger partial charge < -0.3 is 5.73 Å². The first-order valence-corrected chi connectivity index (χ1v) is 8.17. The lowest BCUT2D eigenvalue weighted by Gasteiger charge is -2.16. The molecule has 0 fully saturated rings. The van der Waals surface area contributed by atoms with E-state index in [9.17, 15) is 0 Å². The van der Waals surface area contributed by atoms with Gasteiger partial charge in [-0.05, 0) is 49.3 Å². The van der Waals surface area contributed by atoms with Gasteiger partial charge >= 0.3 is 0 Å². The van der Waals surface area contributed by atoms with Crippen molar-refractivity contribution in [2.45, 2.75) is 32.6 Å². The summed E-state index contributed by atoms with van der Waals surface area (Å²) in [5, 5.41) is 1.01. The molecule has 0 spiro atoms. The van der Waals surface area contributed by atoms with Crippen molar-refractivity contribution < 1.29 is 0 Å². The molecule has 106 valence electrons. The fraction of sp³-hybridized carbons (Fsp3) is 0.294. The van der Waals surface area contributed by atoms with Gasteiger partial charge in [-0.3, -0.25) is 0 Å². The molecule has 0 bridgehead atoms. The van der Waals surface area contributed by atoms with Gasteiger partial charge in [-0.15, -0.1) is 11.3 Å². The van der Waals surface area contributed by atoms with E-state index in [1.165, 1.54) is 52.8 Å². The zero-order chi connectivity index (χ0) is 14.4. The molecule has 21 heavy (non-hydrogen) atoms. The highest BCUT2D eigenvalue weighted by atomic mass is 32.1. The van der Waals surface area contributed by atoms with Crippen molar-refractivity contribution in [3.63, 3.8) is 0 Å². The minimum atomic E-state index is 0.581. The summed E-state index contributed by atoms with van der Waals surface area (Å²) in [5.41, 5.74) is 11.6. The Balaban J connectivity index is 1.96. The summed E-state index contributed by atoms with van der Waals surface area (Å²) in [6, 6.07) is 6.85. The van der Waals surface area contributed by atoms with E-state index in [4.69, 9.17) is 5.73 Å². The predicted octanol–water partition coefficient (Wildman–Crippen LogP) is 4.13. The Morgan fingerprint density at radius 1 is 1.10 bits per heavy atom. The second-order valence-corrected chi connectivity index (χ2v) is 6.87. The van der Waals surface area contributed by atoms with E-state index in [2.05, 4.69) is 35.1 Å². The van der Waals surface area contributed by atoms with Crippen LogP contribution in [0.3, 0.4) is 0 Å². The Hall–Kier alpha value is -1.94. The summed E-state index contributed by atoms with van der Waals surface area (Å²) in [4.78, 5) is 10.8. The lowest BCUT2D eigenvalue weighted by Crippen LogP contribution is -2.02. The Morgan fingerprint density at radius 2 is 1.90 bits per heavy atom. The number of nitrogens with two attached hydrogens (primary N) is 1. The molecule has 0 amide bonds. The molecule has 2 aromatic heterocycles. The number of rotatable bonds is 1. The average Bonchev–Trinajstić information content (AvgIpc) is 2.84. The molecule has 1 aromatic carbocycles. The maximum absolute atomic E-state index is 6.10. The SMILES string of the molecule is Cc1sc2ncnc(N)c2c1-c1ccc2c(c1)CCCC2. The zero-order valence-electron chi connectivity index (χ0n) is 12.0. The standard InChI is InChI=1S/C17H17N3S/c1-10-14(15-16(18)19-9-20-17(15)21-10)13-7-6-11-4-2-3-5-12(11)8-13/h6-9H,2-5H2,1H3,(H2,18,19,20). The maximum Gasteiger partial charge on any atom is 0.136 e. The van der Waals surface area contributed by atoms with Crippen molar-refractivity contribution in [3.8, 4) is 11.1 Å². The van der Waals surface area contributed by atoms with Crippen molar-refractivity contribution in [1.82, 2.24) is 9.97 Å². The van der Waals surface area contributed by atoms with Crippen LogP contribution in [0.1, 0.15) is 28.8 Å². The van der Waals surface area contributed by atoms with E-state index in [0.717, 1.165) is 10.2 Å². The highest BCUT2D eigenvalue weighted by Crippen LogP contribution is 2.40. The van der Waals surface area contributed by atoms with Crippen LogP contribution in [-0.4, -0.2) is 9.97 Å². The molecule has 0 aliphatic heterocycles. The van der Waals surface area contributed by atoms with Crippen LogP contribution in [0.2, 0.25) is 0 Å². The summed E-state index contributed by atoms with van der Waals surface area (Å²) in [7, 11) is 0. The number of nitrogen functional groups attached to an aromatic ring is 1. The third-order valence-corrected chi connectivity index (χ3v) is 5.34. The molecule has 4 rings (SSSR count). The molecule has 0 saturated carbocycles. The van der Waals surface area contributed by atoms with Crippen LogP contribution in [0.4, 0.5) is 5.82 Å². The third kappa shape index (κ3) is 2.02. The predicted molar refractivity (Wildman–Crippen MR) is 88.6 cm³/mol. The molecule has 2 N–H and O–H groups in total. The van der Waals surface area contributed by atoms with Crippen LogP contribution in [0, 0.1) is 6.92 Å². The van der Waals surface area contributed by atoms with Gasteiger partial charge in [-0.2, -0.15) is 0 Å². The van der Waals surface area contributed by atoms with Gasteiger partial charge in [-0.25, -0.2) is 9.97 Å². The number of benzene rings is 1. The van der Waals surface area contributed by atoms with Crippen molar-refractivity contribution in [1.29, 1.82) is 0 Å². The zero-order valence-corrected chi connectivity index (χ0v) is 12.8. The van der Waals surface area contributed by atoms with Crippen molar-refractivity contribution in [2.24, 2.45) is 0 Å². The minimum absolute atomic E-state index is 0.581. The molecule has 1 aliphatic rings. The topological polar surface area (TPSA) is 51.8 Å². The average molecular weight is 295 g/mol. The first kappa shape index (κ1) is 12.8. The number of fused-ring (bicyclic) bond motifs is 2. The molecule has 4 heteroatoms. The first-order valence-electron chi connectivity index (χ1n) is 7.36. The molecular weight excluding hydrogens is 278 g/mol. The molecule has 0 unspecified atom stereocenters. The van der Waals surface area contributed by atoms with Crippen LogP contribution in [0.25, 0.3) is 21.3 Å². The minimum Gasteiger partial charge on any atom is -0.383 e. The number of thiophene rings is 1. The first-order chi connectivity index (χ1) is 10.2. The molecule has 0 atom stereocenters. The van der Waals surface area contributed by atoms with Crippen LogP contribution in [-0.2, 0) is 12.8 Å². The number of nitrogens with zero attached hydrogens (tertiary/aromatic N) is 2. The largest absolute Gasteiger partial charge is 0.383 e. The van der Waals surface area contributed by atoms with Crippen LogP contribution < -0.4 is 5.73 Å². The maximum atomic E-state index is 6.10. The summed E-state index contributed by atoms with van der Waals surface area (Å²) in [6.45, 7) is 2.14. The van der Waals surface area contributed by atoms with Gasteiger partial charge in [0.25, 0.3) is 0 Å². The van der Waals surface area contributed by atoms with Crippen molar-refractivity contribution >= 4 is 27.4 Å². The molecule has 3 nitrogen and oxygen atoms in total. The van der Waals surface area contributed by atoms with Gasteiger partial charge in [0.2, 0.25) is 0 Å². The van der Waals surface area contributed by atoms with Crippen molar-refractivity contribution in [3.05, 3.63) is 40.5 Å². The number of hydrogen-bond donors (Lipinski definition) is 1. The second kappa shape index (κ2) is 4.81. The summed E-state index contributed by atoms with van der Waals surface area (Å²) in [5.74, 6) is 0.581. The monoisotopic (exact) mass is 295 g/mol. The van der Waals surface area contributed by atoms with Gasteiger partial charge in [0.15, 0.2) is 0 Å². The molecule has 0 radical (unpaired) electrons. The van der Waals surface area contributed by atoms with Crippen LogP contribution >= 0.6 is 11.3 Å². The van der Waals surface area contributed by atoms with E-state index in [1.807, 2.05) is 0 Å². The number of aromatic nitrogens is 2. The lowest BCUT2D eigenvalue weighted by molar-refractivity contribution is 0.686. The second-order valence-electron chi connectivity index (χ2n) is 5.66. The number of aryl methyl sites for hydroxylation is 3. The molecule has 0 saturated heterocycles. The van der Waals surface area contributed by atoms with Crippen LogP contribution in [0.15, 0.2) is 24.5 Å². The summed E-state index contributed by atoms with van der Waals surface area (Å²) in [6.07, 6.45) is 6.56. The van der Waals surface area contributed by atoms with Gasteiger partial charge in [0.1, 0.15) is 17.0 Å². The normalized spacial score (nSPS) is 14.3. The van der Waals surface area contributed by atoms with E-state index in [0.29, 0.717) is 5.82 Å². The molecule has 2 heterocycles. The summed E-state index contributed by atoms with van der Waals surface area (Å²) < 4.78 is 0. The van der Waals surface area contributed by atoms with Crippen molar-refractivity contribution in [2.75, 3.05) is 5.73 Å². The molecular formula is C17H17N3S. The highest BCUT2D eigenvalue weighted by Gasteiger charge is 2.17. The lowest BCUT2D eigenvalue weighted by atomic mass is 9.89. The number of anilines is 1. The summed E-state index contributed by atoms with van der Waals surface area (Å²) >= 11 is 1.69. The van der Waals surface area contributed by atoms with E-state index >= 15 is 0 Å². The van der Waals surface area contributed by atoms with Gasteiger partial charge in [0.05, 0.1) is 5.39 Å². The molecule has 1 aliphatic carbocycles. The highest BCUT2D eigenvalue weighted by molar-refractivity contribution is 7.19. The smallest absolute Gasteiger partial charge is 0.136 e. The van der Waals surface area contributed by atoms with Gasteiger partial charge in [0, 0.05) is 10.4 Å². The van der Waals surface area contributed by atoms with Crippen LogP contribution in [0.5, 0.6) is 0 Å².